The summed E-state index contributed by atoms with van der Waals surface area (Å²) in [7, 11) is 0. The van der Waals surface area contributed by atoms with Gasteiger partial charge in [-0.3, -0.25) is 4.79 Å². The normalized spacial score (nSPS) is 13.9. The minimum absolute atomic E-state index is 0.0331. The van der Waals surface area contributed by atoms with E-state index in [1.54, 1.807) is 51.1 Å². The van der Waals surface area contributed by atoms with Crippen molar-refractivity contribution in [2.75, 3.05) is 0 Å². The van der Waals surface area contributed by atoms with Crippen molar-refractivity contribution in [2.24, 2.45) is 4.99 Å². The van der Waals surface area contributed by atoms with Crippen LogP contribution in [0.15, 0.2) is 52.6 Å². The van der Waals surface area contributed by atoms with E-state index in [2.05, 4.69) is 4.99 Å². The molecule has 0 heterocycles. The van der Waals surface area contributed by atoms with E-state index in [-0.39, 0.29) is 23.2 Å². The summed E-state index contributed by atoms with van der Waals surface area (Å²) in [6, 6.07) is 8.60. The second-order valence-electron chi connectivity index (χ2n) is 12.0. The molecule has 7 nitrogen and oxygen atoms in total. The van der Waals surface area contributed by atoms with Crippen LogP contribution in [0.25, 0.3) is 0 Å². The highest BCUT2D eigenvalue weighted by molar-refractivity contribution is 6.06. The third kappa shape index (κ3) is 11.8. The van der Waals surface area contributed by atoms with Crippen LogP contribution < -0.4 is 0 Å². The van der Waals surface area contributed by atoms with Crippen molar-refractivity contribution in [1.82, 2.24) is 0 Å². The molecule has 1 aromatic rings. The van der Waals surface area contributed by atoms with Crippen molar-refractivity contribution in [3.8, 4) is 0 Å². The van der Waals surface area contributed by atoms with Crippen molar-refractivity contribution in [1.29, 1.82) is 0 Å². The van der Waals surface area contributed by atoms with Crippen LogP contribution in [-0.4, -0.2) is 40.2 Å². The Labute approximate surface area is 210 Å². The van der Waals surface area contributed by atoms with Crippen LogP contribution in [0.2, 0.25) is 0 Å². The number of nitrogens with zero attached hydrogens (tertiary/aromatic N) is 1. The molecule has 0 N–H and O–H groups in total. The number of hydrogen-bond donors (Lipinski definition) is 0. The fourth-order valence-electron chi connectivity index (χ4n) is 2.56. The lowest BCUT2D eigenvalue weighted by atomic mass is 10.1. The van der Waals surface area contributed by atoms with Crippen LogP contribution in [0.1, 0.15) is 93.4 Å². The van der Waals surface area contributed by atoms with Gasteiger partial charge in [-0.05, 0) is 95.2 Å². The molecule has 0 aliphatic rings. The topological polar surface area (TPSA) is 83.4 Å². The number of hydrogen-bond acceptors (Lipinski definition) is 6. The van der Waals surface area contributed by atoms with Gasteiger partial charge in [0.25, 0.3) is 17.6 Å². The molecular formula is C28H41NO6. The molecule has 0 aromatic heterocycles. The summed E-state index contributed by atoms with van der Waals surface area (Å²) in [5, 5.41) is 0. The van der Waals surface area contributed by atoms with E-state index in [9.17, 15) is 9.59 Å². The maximum atomic E-state index is 13.1. The van der Waals surface area contributed by atoms with Crippen LogP contribution in [0.5, 0.6) is 0 Å². The Morgan fingerprint density at radius 2 is 1.09 bits per heavy atom. The minimum atomic E-state index is -0.768. The fraction of sp³-hybridized carbons (Fsp3) is 0.571. The van der Waals surface area contributed by atoms with Crippen molar-refractivity contribution < 1.29 is 28.5 Å². The fourth-order valence-corrected chi connectivity index (χ4v) is 2.56. The van der Waals surface area contributed by atoms with Gasteiger partial charge in [0.1, 0.15) is 22.4 Å². The van der Waals surface area contributed by atoms with Gasteiger partial charge in [-0.1, -0.05) is 18.2 Å². The highest BCUT2D eigenvalue weighted by Crippen LogP contribution is 2.31. The molecule has 35 heavy (non-hydrogen) atoms. The van der Waals surface area contributed by atoms with Crippen molar-refractivity contribution in [3.63, 3.8) is 0 Å². The zero-order chi connectivity index (χ0) is 27.2. The molecule has 0 saturated heterocycles. The standard InChI is InChI=1S/C28H41NO6/c1-25(2,3)32-20(18-30)21(33-26(4,5)6)22(34-27(7,8)9)24(35-28(10,11)12)29-23(31)19-16-14-13-15-17-19/h13-17H,1-12H3/b22-21-,29-24?. The van der Waals surface area contributed by atoms with E-state index < -0.39 is 28.3 Å². The molecular weight excluding hydrogens is 446 g/mol. The lowest BCUT2D eigenvalue weighted by molar-refractivity contribution is -0.0143. The quantitative estimate of drug-likeness (QED) is 0.151. The average Bonchev–Trinajstić information content (AvgIpc) is 2.65. The summed E-state index contributed by atoms with van der Waals surface area (Å²) >= 11 is 0. The molecule has 0 spiro atoms. The molecule has 194 valence electrons. The molecule has 0 radical (unpaired) electrons. The molecule has 0 aliphatic heterocycles. The highest BCUT2D eigenvalue weighted by atomic mass is 16.6. The van der Waals surface area contributed by atoms with Crippen molar-refractivity contribution in [2.45, 2.75) is 105 Å². The first kappa shape index (κ1) is 30.0. The predicted molar refractivity (Wildman–Crippen MR) is 138 cm³/mol. The first-order valence-corrected chi connectivity index (χ1v) is 11.6. The summed E-state index contributed by atoms with van der Waals surface area (Å²) in [6.45, 7) is 21.8. The first-order chi connectivity index (χ1) is 15.7. The molecule has 0 saturated carbocycles. The molecule has 0 bridgehead atoms. The van der Waals surface area contributed by atoms with Gasteiger partial charge in [0.05, 0.1) is 0 Å². The third-order valence-electron chi connectivity index (χ3n) is 3.55. The Kier molecular flexibility index (Phi) is 9.53. The van der Waals surface area contributed by atoms with Crippen LogP contribution in [0.4, 0.5) is 0 Å². The average molecular weight is 488 g/mol. The first-order valence-electron chi connectivity index (χ1n) is 11.6. The molecule has 0 aliphatic carbocycles. The number of rotatable bonds is 6. The molecule has 0 fully saturated rings. The smallest absolute Gasteiger partial charge is 0.280 e. The van der Waals surface area contributed by atoms with Gasteiger partial charge >= 0.3 is 0 Å². The van der Waals surface area contributed by atoms with E-state index >= 15 is 0 Å². The molecule has 7 heteroatoms. The summed E-state index contributed by atoms with van der Waals surface area (Å²) in [4.78, 5) is 29.5. The monoisotopic (exact) mass is 487 g/mol. The van der Waals surface area contributed by atoms with Crippen LogP contribution >= 0.6 is 0 Å². The van der Waals surface area contributed by atoms with Crippen LogP contribution in [0, 0.1) is 0 Å². The van der Waals surface area contributed by atoms with E-state index in [1.165, 1.54) is 0 Å². The minimum Gasteiger partial charge on any atom is -0.480 e. The summed E-state index contributed by atoms with van der Waals surface area (Å²) < 4.78 is 24.5. The Hall–Kier alpha value is -3.05. The van der Waals surface area contributed by atoms with Crippen molar-refractivity contribution in [3.05, 3.63) is 53.2 Å². The van der Waals surface area contributed by atoms with Gasteiger partial charge in [-0.25, -0.2) is 4.79 Å². The Balaban J connectivity index is 4.02. The van der Waals surface area contributed by atoms with Gasteiger partial charge in [-0.2, -0.15) is 4.99 Å². The predicted octanol–water partition coefficient (Wildman–Crippen LogP) is 6.41. The third-order valence-corrected chi connectivity index (χ3v) is 3.55. The molecule has 1 amide bonds. The maximum Gasteiger partial charge on any atom is 0.280 e. The van der Waals surface area contributed by atoms with E-state index in [0.717, 1.165) is 0 Å². The summed E-state index contributed by atoms with van der Waals surface area (Å²) in [5.41, 5.74) is -2.66. The zero-order valence-corrected chi connectivity index (χ0v) is 23.3. The number of carbonyl (C=O) groups is 1. The molecule has 0 unspecified atom stereocenters. The second kappa shape index (κ2) is 11.1. The molecule has 1 aromatic carbocycles. The van der Waals surface area contributed by atoms with Crippen LogP contribution in [0.3, 0.4) is 0 Å². The number of benzene rings is 1. The number of carbonyl (C=O) groups excluding carboxylic acids is 2. The Bertz CT molecular complexity index is 987. The highest BCUT2D eigenvalue weighted by Gasteiger charge is 2.35. The molecule has 0 atom stereocenters. The van der Waals surface area contributed by atoms with Gasteiger partial charge in [0, 0.05) is 5.56 Å². The van der Waals surface area contributed by atoms with Gasteiger partial charge < -0.3 is 18.9 Å². The number of ether oxygens (including phenoxy) is 4. The van der Waals surface area contributed by atoms with E-state index in [0.29, 0.717) is 5.56 Å². The van der Waals surface area contributed by atoms with Crippen LogP contribution in [-0.2, 0) is 23.7 Å². The zero-order valence-electron chi connectivity index (χ0n) is 23.3. The Morgan fingerprint density at radius 3 is 1.49 bits per heavy atom. The number of amides is 1. The maximum absolute atomic E-state index is 13.1. The Morgan fingerprint density at radius 1 is 0.657 bits per heavy atom. The second-order valence-corrected chi connectivity index (χ2v) is 12.0. The summed E-state index contributed by atoms with van der Waals surface area (Å²) in [5.74, 6) is 0.858. The van der Waals surface area contributed by atoms with E-state index in [1.807, 2.05) is 68.3 Å². The van der Waals surface area contributed by atoms with Gasteiger partial charge in [0.2, 0.25) is 11.5 Å². The SMILES string of the molecule is CC(C)(C)OC(=C=O)/C(OC(C)(C)C)=C(/OC(C)(C)C)C(=NC(=O)c1ccccc1)OC(C)(C)C. The van der Waals surface area contributed by atoms with E-state index in [4.69, 9.17) is 18.9 Å². The van der Waals surface area contributed by atoms with Gasteiger partial charge in [-0.15, -0.1) is 0 Å². The molecule has 1 rings (SSSR count). The lowest BCUT2D eigenvalue weighted by Gasteiger charge is -2.32. The number of aliphatic imine (C=N–C) groups is 1. The van der Waals surface area contributed by atoms with Gasteiger partial charge in [0.15, 0.2) is 5.94 Å². The summed E-state index contributed by atoms with van der Waals surface area (Å²) in [6.07, 6.45) is 0. The largest absolute Gasteiger partial charge is 0.480 e. The lowest BCUT2D eigenvalue weighted by Crippen LogP contribution is -2.33. The van der Waals surface area contributed by atoms with Crippen molar-refractivity contribution >= 4 is 17.7 Å².